The van der Waals surface area contributed by atoms with Gasteiger partial charge in [0.1, 0.15) is 0 Å². The maximum absolute atomic E-state index is 12.0. The molecule has 4 nitrogen and oxygen atoms in total. The number of carbonyl (C=O) groups excluding carboxylic acids is 1. The zero-order valence-electron chi connectivity index (χ0n) is 10.2. The topological polar surface area (TPSA) is 41.6 Å². The zero-order valence-corrected chi connectivity index (χ0v) is 10.2. The van der Waals surface area contributed by atoms with Crippen LogP contribution in [0.3, 0.4) is 0 Å². The molecular formula is C12H22N2O2. The molecule has 0 aromatic rings. The standard InChI is InChI=1S/C12H22N2O2/c1-9-7-11(9)8-13-10(2)12(15)14-3-5-16-6-4-14/h9-11,13H,3-8H2,1-2H3. The number of nitrogens with one attached hydrogen (secondary N) is 1. The van der Waals surface area contributed by atoms with Gasteiger partial charge < -0.3 is 15.0 Å². The van der Waals surface area contributed by atoms with Gasteiger partial charge in [-0.15, -0.1) is 0 Å². The van der Waals surface area contributed by atoms with Crippen molar-refractivity contribution in [3.8, 4) is 0 Å². The third-order valence-electron chi connectivity index (χ3n) is 3.66. The minimum absolute atomic E-state index is 0.0501. The lowest BCUT2D eigenvalue weighted by atomic mass is 10.2. The highest BCUT2D eigenvalue weighted by Crippen LogP contribution is 2.36. The summed E-state index contributed by atoms with van der Waals surface area (Å²) in [7, 11) is 0. The van der Waals surface area contributed by atoms with Crippen molar-refractivity contribution in [2.75, 3.05) is 32.8 Å². The largest absolute Gasteiger partial charge is 0.378 e. The van der Waals surface area contributed by atoms with E-state index in [2.05, 4.69) is 12.2 Å². The van der Waals surface area contributed by atoms with Crippen LogP contribution < -0.4 is 5.32 Å². The molecule has 3 atom stereocenters. The average molecular weight is 226 g/mol. The molecule has 3 unspecified atom stereocenters. The molecule has 92 valence electrons. The monoisotopic (exact) mass is 226 g/mol. The van der Waals surface area contributed by atoms with E-state index in [0.717, 1.165) is 31.5 Å². The first-order valence-corrected chi connectivity index (χ1v) is 6.28. The second-order valence-electron chi connectivity index (χ2n) is 5.04. The van der Waals surface area contributed by atoms with Crippen LogP contribution in [0.25, 0.3) is 0 Å². The number of morpholine rings is 1. The van der Waals surface area contributed by atoms with Gasteiger partial charge in [0.2, 0.25) is 5.91 Å². The Labute approximate surface area is 97.3 Å². The molecule has 1 saturated carbocycles. The maximum Gasteiger partial charge on any atom is 0.239 e. The smallest absolute Gasteiger partial charge is 0.239 e. The van der Waals surface area contributed by atoms with Crippen LogP contribution in [0.15, 0.2) is 0 Å². The van der Waals surface area contributed by atoms with Crippen molar-refractivity contribution in [1.82, 2.24) is 10.2 Å². The summed E-state index contributed by atoms with van der Waals surface area (Å²) in [6.07, 6.45) is 1.31. The molecule has 2 rings (SSSR count). The average Bonchev–Trinajstić information content (AvgIpc) is 3.02. The Bertz CT molecular complexity index is 251. The van der Waals surface area contributed by atoms with E-state index < -0.39 is 0 Å². The fraction of sp³-hybridized carbons (Fsp3) is 0.917. The molecule has 1 heterocycles. The summed E-state index contributed by atoms with van der Waals surface area (Å²) in [6, 6.07) is -0.0501. The van der Waals surface area contributed by atoms with E-state index in [1.165, 1.54) is 6.42 Å². The molecule has 1 saturated heterocycles. The first-order valence-electron chi connectivity index (χ1n) is 6.28. The molecule has 2 aliphatic rings. The summed E-state index contributed by atoms with van der Waals surface area (Å²) in [5.41, 5.74) is 0. The van der Waals surface area contributed by atoms with Crippen molar-refractivity contribution in [2.24, 2.45) is 11.8 Å². The molecule has 0 aromatic heterocycles. The van der Waals surface area contributed by atoms with Gasteiger partial charge in [0.05, 0.1) is 19.3 Å². The SMILES string of the molecule is CC(NCC1CC1C)C(=O)N1CCOCC1. The molecular weight excluding hydrogens is 204 g/mol. The second kappa shape index (κ2) is 5.15. The van der Waals surface area contributed by atoms with Gasteiger partial charge in [-0.2, -0.15) is 0 Å². The van der Waals surface area contributed by atoms with Gasteiger partial charge in [0.15, 0.2) is 0 Å². The van der Waals surface area contributed by atoms with E-state index >= 15 is 0 Å². The fourth-order valence-electron chi connectivity index (χ4n) is 2.16. The molecule has 1 aliphatic heterocycles. The predicted molar refractivity (Wildman–Crippen MR) is 62.1 cm³/mol. The van der Waals surface area contributed by atoms with Crippen molar-refractivity contribution in [3.63, 3.8) is 0 Å². The molecule has 0 bridgehead atoms. The number of nitrogens with zero attached hydrogens (tertiary/aromatic N) is 1. The lowest BCUT2D eigenvalue weighted by Gasteiger charge is -2.29. The molecule has 1 amide bonds. The second-order valence-corrected chi connectivity index (χ2v) is 5.04. The summed E-state index contributed by atoms with van der Waals surface area (Å²) in [4.78, 5) is 13.9. The number of ether oxygens (including phenoxy) is 1. The number of amides is 1. The zero-order chi connectivity index (χ0) is 11.5. The molecule has 0 radical (unpaired) electrons. The molecule has 4 heteroatoms. The van der Waals surface area contributed by atoms with Crippen LogP contribution in [0.1, 0.15) is 20.3 Å². The third kappa shape index (κ3) is 2.95. The number of rotatable bonds is 4. The van der Waals surface area contributed by atoms with Gasteiger partial charge in [-0.25, -0.2) is 0 Å². The summed E-state index contributed by atoms with van der Waals surface area (Å²) < 4.78 is 5.24. The van der Waals surface area contributed by atoms with Crippen molar-refractivity contribution in [2.45, 2.75) is 26.3 Å². The highest BCUT2D eigenvalue weighted by Gasteiger charge is 2.33. The molecule has 16 heavy (non-hydrogen) atoms. The van der Waals surface area contributed by atoms with Crippen LogP contribution in [0.5, 0.6) is 0 Å². The van der Waals surface area contributed by atoms with Gasteiger partial charge in [-0.05, 0) is 31.7 Å². The number of carbonyl (C=O) groups is 1. The first-order chi connectivity index (χ1) is 7.68. The van der Waals surface area contributed by atoms with Crippen molar-refractivity contribution in [3.05, 3.63) is 0 Å². The normalized spacial score (nSPS) is 31.2. The van der Waals surface area contributed by atoms with Gasteiger partial charge in [-0.1, -0.05) is 6.92 Å². The van der Waals surface area contributed by atoms with E-state index in [9.17, 15) is 4.79 Å². The van der Waals surface area contributed by atoms with Crippen LogP contribution >= 0.6 is 0 Å². The summed E-state index contributed by atoms with van der Waals surface area (Å²) in [5, 5.41) is 3.34. The highest BCUT2D eigenvalue weighted by molar-refractivity contribution is 5.81. The van der Waals surface area contributed by atoms with Gasteiger partial charge in [-0.3, -0.25) is 4.79 Å². The molecule has 0 spiro atoms. The number of hydrogen-bond acceptors (Lipinski definition) is 3. The Balaban J connectivity index is 1.70. The lowest BCUT2D eigenvalue weighted by molar-refractivity contribution is -0.137. The molecule has 1 aliphatic carbocycles. The third-order valence-corrected chi connectivity index (χ3v) is 3.66. The van der Waals surface area contributed by atoms with Crippen molar-refractivity contribution in [1.29, 1.82) is 0 Å². The van der Waals surface area contributed by atoms with Crippen LogP contribution in [-0.4, -0.2) is 49.7 Å². The van der Waals surface area contributed by atoms with Crippen LogP contribution in [0.2, 0.25) is 0 Å². The Kier molecular flexibility index (Phi) is 3.82. The first kappa shape index (κ1) is 11.9. The quantitative estimate of drug-likeness (QED) is 0.758. The summed E-state index contributed by atoms with van der Waals surface area (Å²) >= 11 is 0. The Hall–Kier alpha value is -0.610. The maximum atomic E-state index is 12.0. The van der Waals surface area contributed by atoms with Gasteiger partial charge >= 0.3 is 0 Å². The van der Waals surface area contributed by atoms with E-state index in [1.54, 1.807) is 0 Å². The Morgan fingerprint density at radius 2 is 2.12 bits per heavy atom. The van der Waals surface area contributed by atoms with Crippen molar-refractivity contribution >= 4 is 5.91 Å². The van der Waals surface area contributed by atoms with Crippen LogP contribution in [-0.2, 0) is 9.53 Å². The minimum Gasteiger partial charge on any atom is -0.378 e. The Morgan fingerprint density at radius 3 is 2.69 bits per heavy atom. The molecule has 1 N–H and O–H groups in total. The van der Waals surface area contributed by atoms with Gasteiger partial charge in [0.25, 0.3) is 0 Å². The van der Waals surface area contributed by atoms with E-state index in [-0.39, 0.29) is 11.9 Å². The lowest BCUT2D eigenvalue weighted by Crippen LogP contribution is -2.49. The molecule has 0 aromatic carbocycles. The summed E-state index contributed by atoms with van der Waals surface area (Å²) in [6.45, 7) is 8.05. The van der Waals surface area contributed by atoms with E-state index in [1.807, 2.05) is 11.8 Å². The molecule has 2 fully saturated rings. The highest BCUT2D eigenvalue weighted by atomic mass is 16.5. The van der Waals surface area contributed by atoms with E-state index in [0.29, 0.717) is 13.2 Å². The van der Waals surface area contributed by atoms with Crippen LogP contribution in [0, 0.1) is 11.8 Å². The number of hydrogen-bond donors (Lipinski definition) is 1. The van der Waals surface area contributed by atoms with Crippen molar-refractivity contribution < 1.29 is 9.53 Å². The summed E-state index contributed by atoms with van der Waals surface area (Å²) in [5.74, 6) is 1.86. The predicted octanol–water partition coefficient (Wildman–Crippen LogP) is 0.479. The van der Waals surface area contributed by atoms with Crippen LogP contribution in [0.4, 0.5) is 0 Å². The minimum atomic E-state index is -0.0501. The van der Waals surface area contributed by atoms with Gasteiger partial charge in [0, 0.05) is 13.1 Å². The van der Waals surface area contributed by atoms with E-state index in [4.69, 9.17) is 4.74 Å². The fourth-order valence-corrected chi connectivity index (χ4v) is 2.16. The Morgan fingerprint density at radius 1 is 1.50 bits per heavy atom.